The number of amides is 3. The molecule has 1 fully saturated rings. The van der Waals surface area contributed by atoms with Gasteiger partial charge in [0.2, 0.25) is 0 Å². The van der Waals surface area contributed by atoms with Crippen molar-refractivity contribution in [2.24, 2.45) is 0 Å². The Bertz CT molecular complexity index is 558. The first-order valence-corrected chi connectivity index (χ1v) is 6.49. The molecule has 3 amide bonds. The van der Waals surface area contributed by atoms with Gasteiger partial charge in [-0.1, -0.05) is 12.1 Å². The third kappa shape index (κ3) is 4.20. The molecule has 0 saturated carbocycles. The molecular formula is C14H16N2O5. The highest BCUT2D eigenvalue weighted by molar-refractivity contribution is 5.96. The fourth-order valence-electron chi connectivity index (χ4n) is 1.82. The van der Waals surface area contributed by atoms with Crippen molar-refractivity contribution < 1.29 is 23.9 Å². The minimum absolute atomic E-state index is 0.287. The second-order valence-corrected chi connectivity index (χ2v) is 4.54. The maximum absolute atomic E-state index is 11.6. The molecule has 0 radical (unpaired) electrons. The van der Waals surface area contributed by atoms with Crippen LogP contribution in [0.3, 0.4) is 0 Å². The lowest BCUT2D eigenvalue weighted by molar-refractivity contribution is -0.152. The van der Waals surface area contributed by atoms with Crippen molar-refractivity contribution in [3.8, 4) is 5.75 Å². The normalized spacial score (nSPS) is 13.8. The van der Waals surface area contributed by atoms with E-state index in [-0.39, 0.29) is 13.2 Å². The number of carbonyl (C=O) groups excluding carboxylic acids is 3. The van der Waals surface area contributed by atoms with Gasteiger partial charge in [-0.3, -0.25) is 9.69 Å². The highest BCUT2D eigenvalue weighted by Crippen LogP contribution is 2.12. The number of imide groups is 1. The smallest absolute Gasteiger partial charge is 0.344 e. The number of hydrogen-bond acceptors (Lipinski definition) is 5. The lowest BCUT2D eigenvalue weighted by Gasteiger charge is -2.12. The molecule has 7 heteroatoms. The van der Waals surface area contributed by atoms with Crippen molar-refractivity contribution >= 4 is 17.9 Å². The fraction of sp³-hybridized carbons (Fsp3) is 0.357. The monoisotopic (exact) mass is 292 g/mol. The first-order chi connectivity index (χ1) is 10.1. The number of nitrogens with one attached hydrogen (secondary N) is 1. The molecule has 1 saturated heterocycles. The standard InChI is InChI=1S/C14H16N2O5/c1-10-3-2-4-11(7-10)20-9-13(18)21-8-12(17)16-6-5-15-14(16)19/h2-4,7H,5-6,8-9H2,1H3,(H,15,19). The van der Waals surface area contributed by atoms with Crippen molar-refractivity contribution in [2.75, 3.05) is 26.3 Å². The summed E-state index contributed by atoms with van der Waals surface area (Å²) in [6.07, 6.45) is 0. The van der Waals surface area contributed by atoms with Crippen LogP contribution in [0, 0.1) is 6.92 Å². The summed E-state index contributed by atoms with van der Waals surface area (Å²) in [5.41, 5.74) is 1.01. The Labute approximate surface area is 121 Å². The van der Waals surface area contributed by atoms with Crippen molar-refractivity contribution in [1.29, 1.82) is 0 Å². The summed E-state index contributed by atoms with van der Waals surface area (Å²) in [5, 5.41) is 2.49. The summed E-state index contributed by atoms with van der Waals surface area (Å²) in [6.45, 7) is 1.85. The van der Waals surface area contributed by atoms with Crippen molar-refractivity contribution in [3.63, 3.8) is 0 Å². The fourth-order valence-corrected chi connectivity index (χ4v) is 1.82. The Morgan fingerprint density at radius 1 is 1.33 bits per heavy atom. The number of ether oxygens (including phenoxy) is 2. The second kappa shape index (κ2) is 6.74. The zero-order chi connectivity index (χ0) is 15.2. The van der Waals surface area contributed by atoms with E-state index in [1.165, 1.54) is 0 Å². The van der Waals surface area contributed by atoms with E-state index in [2.05, 4.69) is 5.32 Å². The molecule has 21 heavy (non-hydrogen) atoms. The molecule has 0 aliphatic carbocycles. The van der Waals surface area contributed by atoms with Gasteiger partial charge < -0.3 is 14.8 Å². The molecule has 1 aliphatic rings. The summed E-state index contributed by atoms with van der Waals surface area (Å²) in [4.78, 5) is 35.4. The van der Waals surface area contributed by atoms with Crippen LogP contribution in [0.15, 0.2) is 24.3 Å². The van der Waals surface area contributed by atoms with Crippen LogP contribution in [0.4, 0.5) is 4.79 Å². The Balaban J connectivity index is 1.72. The molecule has 0 unspecified atom stereocenters. The van der Waals surface area contributed by atoms with Gasteiger partial charge in [0.15, 0.2) is 13.2 Å². The average Bonchev–Trinajstić information content (AvgIpc) is 2.89. The van der Waals surface area contributed by atoms with E-state index >= 15 is 0 Å². The molecule has 112 valence electrons. The molecule has 1 aliphatic heterocycles. The van der Waals surface area contributed by atoms with Gasteiger partial charge in [0, 0.05) is 13.1 Å². The van der Waals surface area contributed by atoms with Crippen LogP contribution in [0.5, 0.6) is 5.75 Å². The zero-order valence-corrected chi connectivity index (χ0v) is 11.6. The molecule has 2 rings (SSSR count). The number of benzene rings is 1. The second-order valence-electron chi connectivity index (χ2n) is 4.54. The predicted molar refractivity (Wildman–Crippen MR) is 72.7 cm³/mol. The van der Waals surface area contributed by atoms with Gasteiger partial charge in [-0.15, -0.1) is 0 Å². The van der Waals surface area contributed by atoms with Crippen LogP contribution in [0.25, 0.3) is 0 Å². The SMILES string of the molecule is Cc1cccc(OCC(=O)OCC(=O)N2CCNC2=O)c1. The summed E-state index contributed by atoms with van der Waals surface area (Å²) in [7, 11) is 0. The third-order valence-electron chi connectivity index (χ3n) is 2.86. The number of hydrogen-bond donors (Lipinski definition) is 1. The van der Waals surface area contributed by atoms with Crippen LogP contribution in [-0.4, -0.2) is 49.1 Å². The van der Waals surface area contributed by atoms with Crippen LogP contribution >= 0.6 is 0 Å². The summed E-state index contributed by atoms with van der Waals surface area (Å²) < 4.78 is 10.0. The van der Waals surface area contributed by atoms with Gasteiger partial charge in [-0.2, -0.15) is 0 Å². The Hall–Kier alpha value is -2.57. The topological polar surface area (TPSA) is 84.9 Å². The number of rotatable bonds is 5. The number of esters is 1. The zero-order valence-electron chi connectivity index (χ0n) is 11.6. The van der Waals surface area contributed by atoms with Gasteiger partial charge in [-0.05, 0) is 24.6 Å². The van der Waals surface area contributed by atoms with Gasteiger partial charge in [-0.25, -0.2) is 9.59 Å². The van der Waals surface area contributed by atoms with E-state index in [9.17, 15) is 14.4 Å². The lowest BCUT2D eigenvalue weighted by atomic mass is 10.2. The first kappa shape index (κ1) is 14.8. The first-order valence-electron chi connectivity index (χ1n) is 6.49. The molecule has 1 N–H and O–H groups in total. The molecule has 1 heterocycles. The lowest BCUT2D eigenvalue weighted by Crippen LogP contribution is -2.37. The number of aryl methyl sites for hydroxylation is 1. The molecule has 1 aromatic rings. The summed E-state index contributed by atoms with van der Waals surface area (Å²) >= 11 is 0. The highest BCUT2D eigenvalue weighted by atomic mass is 16.6. The minimum atomic E-state index is -0.663. The van der Waals surface area contributed by atoms with Crippen LogP contribution < -0.4 is 10.1 Å². The van der Waals surface area contributed by atoms with Gasteiger partial charge >= 0.3 is 12.0 Å². The molecule has 0 aromatic heterocycles. The quantitative estimate of drug-likeness (QED) is 0.797. The van der Waals surface area contributed by atoms with E-state index in [1.807, 2.05) is 19.1 Å². The number of urea groups is 1. The highest BCUT2D eigenvalue weighted by Gasteiger charge is 2.26. The van der Waals surface area contributed by atoms with Crippen LogP contribution in [0.2, 0.25) is 0 Å². The average molecular weight is 292 g/mol. The van der Waals surface area contributed by atoms with Crippen LogP contribution in [0.1, 0.15) is 5.56 Å². The molecular weight excluding hydrogens is 276 g/mol. The third-order valence-corrected chi connectivity index (χ3v) is 2.86. The van der Waals surface area contributed by atoms with Crippen LogP contribution in [-0.2, 0) is 14.3 Å². The van der Waals surface area contributed by atoms with E-state index < -0.39 is 24.5 Å². The predicted octanol–water partition coefficient (Wildman–Crippen LogP) is 0.469. The van der Waals surface area contributed by atoms with Gasteiger partial charge in [0.25, 0.3) is 5.91 Å². The van der Waals surface area contributed by atoms with E-state index in [0.29, 0.717) is 12.3 Å². The van der Waals surface area contributed by atoms with E-state index in [1.54, 1.807) is 12.1 Å². The van der Waals surface area contributed by atoms with E-state index in [4.69, 9.17) is 9.47 Å². The Morgan fingerprint density at radius 3 is 2.81 bits per heavy atom. The van der Waals surface area contributed by atoms with Gasteiger partial charge in [0.1, 0.15) is 5.75 Å². The van der Waals surface area contributed by atoms with Crippen molar-refractivity contribution in [3.05, 3.63) is 29.8 Å². The molecule has 1 aromatic carbocycles. The maximum Gasteiger partial charge on any atom is 0.344 e. The summed E-state index contributed by atoms with van der Waals surface area (Å²) in [5.74, 6) is -0.657. The van der Waals surface area contributed by atoms with Crippen molar-refractivity contribution in [1.82, 2.24) is 10.2 Å². The molecule has 0 spiro atoms. The largest absolute Gasteiger partial charge is 0.482 e. The Morgan fingerprint density at radius 2 is 2.14 bits per heavy atom. The molecule has 7 nitrogen and oxygen atoms in total. The Kier molecular flexibility index (Phi) is 4.76. The van der Waals surface area contributed by atoms with Gasteiger partial charge in [0.05, 0.1) is 0 Å². The molecule has 0 bridgehead atoms. The minimum Gasteiger partial charge on any atom is -0.482 e. The molecule has 0 atom stereocenters. The van der Waals surface area contributed by atoms with Crippen molar-refractivity contribution in [2.45, 2.75) is 6.92 Å². The van der Waals surface area contributed by atoms with E-state index in [0.717, 1.165) is 10.5 Å². The number of carbonyl (C=O) groups is 3. The maximum atomic E-state index is 11.6. The number of nitrogens with zero attached hydrogens (tertiary/aromatic N) is 1. The summed E-state index contributed by atoms with van der Waals surface area (Å²) in [6, 6.07) is 6.76.